The molecule has 0 aliphatic rings. The zero-order valence-electron chi connectivity index (χ0n) is 12.2. The topological polar surface area (TPSA) is 72.7 Å². The van der Waals surface area contributed by atoms with Crippen molar-refractivity contribution in [3.05, 3.63) is 58.6 Å². The predicted molar refractivity (Wildman–Crippen MR) is 95.0 cm³/mol. The van der Waals surface area contributed by atoms with Crippen LogP contribution >= 0.6 is 35.0 Å². The van der Waals surface area contributed by atoms with Crippen LogP contribution in [0.2, 0.25) is 10.0 Å². The highest BCUT2D eigenvalue weighted by Gasteiger charge is 2.12. The number of benzene rings is 2. The summed E-state index contributed by atoms with van der Waals surface area (Å²) in [4.78, 5) is 12.0. The molecule has 9 heteroatoms. The summed E-state index contributed by atoms with van der Waals surface area (Å²) in [5.74, 6) is 0.00628. The van der Waals surface area contributed by atoms with Gasteiger partial charge < -0.3 is 5.32 Å². The van der Waals surface area contributed by atoms with Gasteiger partial charge in [-0.05, 0) is 52.9 Å². The number of carbonyl (C=O) groups is 1. The number of aromatic nitrogens is 4. The van der Waals surface area contributed by atoms with E-state index in [4.69, 9.17) is 23.2 Å². The summed E-state index contributed by atoms with van der Waals surface area (Å²) < 4.78 is 1.53. The van der Waals surface area contributed by atoms with Gasteiger partial charge in [-0.1, -0.05) is 41.0 Å². The highest BCUT2D eigenvalue weighted by molar-refractivity contribution is 7.99. The molecule has 3 aromatic rings. The smallest absolute Gasteiger partial charge is 0.234 e. The van der Waals surface area contributed by atoms with Crippen molar-refractivity contribution >= 4 is 46.6 Å². The summed E-state index contributed by atoms with van der Waals surface area (Å²) in [6.45, 7) is 0. The van der Waals surface area contributed by atoms with E-state index in [1.54, 1.807) is 42.5 Å². The normalized spacial score (nSPS) is 10.6. The Bertz CT molecular complexity index is 853. The van der Waals surface area contributed by atoms with E-state index in [2.05, 4.69) is 20.8 Å². The van der Waals surface area contributed by atoms with Crippen molar-refractivity contribution in [2.75, 3.05) is 11.1 Å². The molecule has 0 saturated heterocycles. The average molecular weight is 380 g/mol. The first kappa shape index (κ1) is 16.8. The van der Waals surface area contributed by atoms with E-state index in [1.165, 1.54) is 16.4 Å². The lowest BCUT2D eigenvalue weighted by Crippen LogP contribution is -2.14. The van der Waals surface area contributed by atoms with Crippen molar-refractivity contribution in [3.63, 3.8) is 0 Å². The van der Waals surface area contributed by atoms with Crippen molar-refractivity contribution in [2.24, 2.45) is 0 Å². The molecule has 0 spiro atoms. The summed E-state index contributed by atoms with van der Waals surface area (Å²) in [5, 5.41) is 16.0. The molecule has 0 saturated carbocycles. The first-order valence-electron chi connectivity index (χ1n) is 6.84. The molecule has 1 N–H and O–H groups in total. The molecule has 122 valence electrons. The van der Waals surface area contributed by atoms with Gasteiger partial charge in [0.25, 0.3) is 0 Å². The molecule has 0 aliphatic carbocycles. The maximum atomic E-state index is 12.0. The summed E-state index contributed by atoms with van der Waals surface area (Å²) >= 11 is 13.0. The number of tetrazole rings is 1. The van der Waals surface area contributed by atoms with Gasteiger partial charge in [0.1, 0.15) is 0 Å². The molecule has 2 aromatic carbocycles. The van der Waals surface area contributed by atoms with Crippen LogP contribution in [0.1, 0.15) is 0 Å². The first-order valence-corrected chi connectivity index (χ1v) is 8.58. The number of rotatable bonds is 5. The number of carbonyl (C=O) groups excluding carboxylic acids is 1. The monoisotopic (exact) mass is 379 g/mol. The van der Waals surface area contributed by atoms with E-state index in [0.717, 1.165) is 5.69 Å². The number of halogens is 2. The number of anilines is 1. The van der Waals surface area contributed by atoms with Gasteiger partial charge in [0.05, 0.1) is 11.4 Å². The van der Waals surface area contributed by atoms with Crippen LogP contribution in [0.5, 0.6) is 0 Å². The zero-order valence-corrected chi connectivity index (χ0v) is 14.5. The molecule has 3 rings (SSSR count). The number of nitrogens with one attached hydrogen (secondary N) is 1. The molecule has 6 nitrogen and oxygen atoms in total. The standard InChI is InChI=1S/C15H11Cl2N5OS/c16-10-4-6-12(7-5-10)18-14(23)9-24-15-19-20-21-22(15)13-3-1-2-11(17)8-13/h1-8H,9H2,(H,18,23). The molecular weight excluding hydrogens is 369 g/mol. The summed E-state index contributed by atoms with van der Waals surface area (Å²) in [5.41, 5.74) is 1.41. The lowest BCUT2D eigenvalue weighted by molar-refractivity contribution is -0.113. The third kappa shape index (κ3) is 4.25. The first-order chi connectivity index (χ1) is 11.6. The Hall–Kier alpha value is -2.09. The second-order valence-electron chi connectivity index (χ2n) is 4.70. The lowest BCUT2D eigenvalue weighted by Gasteiger charge is -2.06. The third-order valence-corrected chi connectivity index (χ3v) is 4.36. The lowest BCUT2D eigenvalue weighted by atomic mass is 10.3. The SMILES string of the molecule is O=C(CSc1nnnn1-c1cccc(Cl)c1)Nc1ccc(Cl)cc1. The highest BCUT2D eigenvalue weighted by Crippen LogP contribution is 2.21. The molecule has 0 atom stereocenters. The van der Waals surface area contributed by atoms with Crippen molar-refractivity contribution in [1.82, 2.24) is 20.2 Å². The second-order valence-corrected chi connectivity index (χ2v) is 6.51. The fourth-order valence-electron chi connectivity index (χ4n) is 1.90. The van der Waals surface area contributed by atoms with Gasteiger partial charge in [0.15, 0.2) is 0 Å². The van der Waals surface area contributed by atoms with Crippen LogP contribution in [0.4, 0.5) is 5.69 Å². The van der Waals surface area contributed by atoms with Crippen molar-refractivity contribution in [2.45, 2.75) is 5.16 Å². The van der Waals surface area contributed by atoms with Gasteiger partial charge in [0.2, 0.25) is 11.1 Å². The van der Waals surface area contributed by atoms with Crippen LogP contribution < -0.4 is 5.32 Å². The Labute approximate surface area is 152 Å². The summed E-state index contributed by atoms with van der Waals surface area (Å²) in [6, 6.07) is 14.1. The molecule has 0 radical (unpaired) electrons. The van der Waals surface area contributed by atoms with Crippen LogP contribution in [-0.2, 0) is 4.79 Å². The van der Waals surface area contributed by atoms with Gasteiger partial charge in [0, 0.05) is 15.7 Å². The van der Waals surface area contributed by atoms with E-state index in [9.17, 15) is 4.79 Å². The molecule has 1 heterocycles. The minimum atomic E-state index is -0.164. The van der Waals surface area contributed by atoms with Crippen LogP contribution in [0.3, 0.4) is 0 Å². The minimum Gasteiger partial charge on any atom is -0.325 e. The fourth-order valence-corrected chi connectivity index (χ4v) is 2.90. The third-order valence-electron chi connectivity index (χ3n) is 2.95. The number of hydrogen-bond acceptors (Lipinski definition) is 5. The number of nitrogens with zero attached hydrogens (tertiary/aromatic N) is 4. The highest BCUT2D eigenvalue weighted by atomic mass is 35.5. The van der Waals surface area contributed by atoms with Crippen LogP contribution in [-0.4, -0.2) is 31.9 Å². The molecule has 24 heavy (non-hydrogen) atoms. The van der Waals surface area contributed by atoms with Gasteiger partial charge in [-0.3, -0.25) is 4.79 Å². The average Bonchev–Trinajstić information content (AvgIpc) is 3.04. The van der Waals surface area contributed by atoms with E-state index >= 15 is 0 Å². The number of thioether (sulfide) groups is 1. The maximum absolute atomic E-state index is 12.0. The Morgan fingerprint density at radius 3 is 2.67 bits per heavy atom. The number of hydrogen-bond donors (Lipinski definition) is 1. The van der Waals surface area contributed by atoms with E-state index < -0.39 is 0 Å². The largest absolute Gasteiger partial charge is 0.325 e. The van der Waals surface area contributed by atoms with Crippen LogP contribution in [0.15, 0.2) is 53.7 Å². The molecule has 1 amide bonds. The second kappa shape index (κ2) is 7.65. The van der Waals surface area contributed by atoms with Crippen LogP contribution in [0.25, 0.3) is 5.69 Å². The number of amides is 1. The zero-order chi connectivity index (χ0) is 16.9. The van der Waals surface area contributed by atoms with E-state index in [-0.39, 0.29) is 11.7 Å². The molecule has 0 aliphatic heterocycles. The Kier molecular flexibility index (Phi) is 5.34. The van der Waals surface area contributed by atoms with Crippen molar-refractivity contribution in [3.8, 4) is 5.69 Å². The molecule has 0 bridgehead atoms. The van der Waals surface area contributed by atoms with Crippen molar-refractivity contribution < 1.29 is 4.79 Å². The van der Waals surface area contributed by atoms with Gasteiger partial charge >= 0.3 is 0 Å². The summed E-state index contributed by atoms with van der Waals surface area (Å²) in [7, 11) is 0. The molecule has 0 fully saturated rings. The van der Waals surface area contributed by atoms with E-state index in [1.807, 2.05) is 6.07 Å². The molecular formula is C15H11Cl2N5OS. The Morgan fingerprint density at radius 2 is 1.92 bits per heavy atom. The van der Waals surface area contributed by atoms with Gasteiger partial charge in [-0.25, -0.2) is 0 Å². The molecule has 1 aromatic heterocycles. The molecule has 0 unspecified atom stereocenters. The Morgan fingerprint density at radius 1 is 1.12 bits per heavy atom. The van der Waals surface area contributed by atoms with Gasteiger partial charge in [-0.15, -0.1) is 5.10 Å². The minimum absolute atomic E-state index is 0.164. The van der Waals surface area contributed by atoms with Crippen molar-refractivity contribution in [1.29, 1.82) is 0 Å². The van der Waals surface area contributed by atoms with Gasteiger partial charge in [-0.2, -0.15) is 4.68 Å². The Balaban J connectivity index is 1.64. The quantitative estimate of drug-likeness (QED) is 0.684. The van der Waals surface area contributed by atoms with E-state index in [0.29, 0.717) is 20.9 Å². The predicted octanol–water partition coefficient (Wildman–Crippen LogP) is 3.70. The fraction of sp³-hybridized carbons (Fsp3) is 0.0667. The summed E-state index contributed by atoms with van der Waals surface area (Å²) in [6.07, 6.45) is 0. The van der Waals surface area contributed by atoms with Crippen LogP contribution in [0, 0.1) is 0 Å². The maximum Gasteiger partial charge on any atom is 0.234 e.